The standard InChI is InChI=1S/C18H29BrN4O2/c1-5-20-18(22-14(2)13-25-4)21-11-10-17(24)23(3)12-15-8-6-7-9-16(15)19/h6-9,14H,5,10-13H2,1-4H3,(H2,20,21,22). The third-order valence-electron chi connectivity index (χ3n) is 3.53. The molecular formula is C18H29BrN4O2. The number of carbonyl (C=O) groups is 1. The molecule has 1 aromatic carbocycles. The molecule has 1 unspecified atom stereocenters. The second-order valence-electron chi connectivity index (χ2n) is 5.85. The summed E-state index contributed by atoms with van der Waals surface area (Å²) in [6, 6.07) is 8.07. The van der Waals surface area contributed by atoms with E-state index in [1.54, 1.807) is 12.0 Å². The van der Waals surface area contributed by atoms with E-state index in [1.165, 1.54) is 0 Å². The number of ether oxygens (including phenoxy) is 1. The van der Waals surface area contributed by atoms with Gasteiger partial charge in [0, 0.05) is 44.2 Å². The van der Waals surface area contributed by atoms with Crippen LogP contribution in [0.15, 0.2) is 33.7 Å². The molecule has 0 aliphatic rings. The smallest absolute Gasteiger partial charge is 0.224 e. The van der Waals surface area contributed by atoms with Crippen LogP contribution in [-0.4, -0.2) is 56.7 Å². The quantitative estimate of drug-likeness (QED) is 0.482. The molecule has 140 valence electrons. The Kier molecular flexibility index (Phi) is 10.2. The fourth-order valence-electron chi connectivity index (χ4n) is 2.27. The summed E-state index contributed by atoms with van der Waals surface area (Å²) in [7, 11) is 3.48. The number of hydrogen-bond acceptors (Lipinski definition) is 3. The number of carbonyl (C=O) groups excluding carboxylic acids is 1. The molecule has 0 aliphatic heterocycles. The van der Waals surface area contributed by atoms with Crippen LogP contribution >= 0.6 is 15.9 Å². The molecule has 0 aliphatic carbocycles. The maximum absolute atomic E-state index is 12.3. The summed E-state index contributed by atoms with van der Waals surface area (Å²) in [5.74, 6) is 0.772. The van der Waals surface area contributed by atoms with E-state index in [0.717, 1.165) is 16.6 Å². The molecular weight excluding hydrogens is 384 g/mol. The van der Waals surface area contributed by atoms with Gasteiger partial charge < -0.3 is 20.3 Å². The van der Waals surface area contributed by atoms with Gasteiger partial charge in [-0.05, 0) is 25.5 Å². The molecule has 0 spiro atoms. The fraction of sp³-hybridized carbons (Fsp3) is 0.556. The second-order valence-corrected chi connectivity index (χ2v) is 6.71. The van der Waals surface area contributed by atoms with Crippen molar-refractivity contribution in [2.75, 3.05) is 33.9 Å². The van der Waals surface area contributed by atoms with E-state index >= 15 is 0 Å². The lowest BCUT2D eigenvalue weighted by Gasteiger charge is -2.19. The topological polar surface area (TPSA) is 66.0 Å². The zero-order valence-electron chi connectivity index (χ0n) is 15.5. The Morgan fingerprint density at radius 1 is 1.40 bits per heavy atom. The molecule has 0 bridgehead atoms. The number of methoxy groups -OCH3 is 1. The molecule has 25 heavy (non-hydrogen) atoms. The van der Waals surface area contributed by atoms with Crippen LogP contribution in [0.4, 0.5) is 0 Å². The number of hydrogen-bond donors (Lipinski definition) is 2. The predicted molar refractivity (Wildman–Crippen MR) is 106 cm³/mol. The average molecular weight is 413 g/mol. The number of amides is 1. The SMILES string of the molecule is CCNC(=NCCC(=O)N(C)Cc1ccccc1Br)NC(C)COC. The molecule has 6 nitrogen and oxygen atoms in total. The molecule has 0 heterocycles. The highest BCUT2D eigenvalue weighted by atomic mass is 79.9. The third kappa shape index (κ3) is 8.36. The Morgan fingerprint density at radius 2 is 2.12 bits per heavy atom. The Hall–Kier alpha value is -1.60. The highest BCUT2D eigenvalue weighted by Crippen LogP contribution is 2.17. The largest absolute Gasteiger partial charge is 0.383 e. The zero-order chi connectivity index (χ0) is 18.7. The second kappa shape index (κ2) is 11.9. The number of benzene rings is 1. The minimum Gasteiger partial charge on any atom is -0.383 e. The first kappa shape index (κ1) is 21.4. The Morgan fingerprint density at radius 3 is 2.76 bits per heavy atom. The molecule has 0 saturated carbocycles. The molecule has 1 atom stereocenters. The Labute approximate surface area is 159 Å². The molecule has 0 aromatic heterocycles. The summed E-state index contributed by atoms with van der Waals surface area (Å²) in [5, 5.41) is 6.43. The van der Waals surface area contributed by atoms with Crippen molar-refractivity contribution in [3.63, 3.8) is 0 Å². The molecule has 0 fully saturated rings. The van der Waals surface area contributed by atoms with Gasteiger partial charge >= 0.3 is 0 Å². The highest BCUT2D eigenvalue weighted by molar-refractivity contribution is 9.10. The Bertz CT molecular complexity index is 566. The fourth-order valence-corrected chi connectivity index (χ4v) is 2.68. The predicted octanol–water partition coefficient (Wildman–Crippen LogP) is 2.39. The van der Waals surface area contributed by atoms with E-state index < -0.39 is 0 Å². The van der Waals surface area contributed by atoms with Gasteiger partial charge in [0.1, 0.15) is 0 Å². The third-order valence-corrected chi connectivity index (χ3v) is 4.30. The lowest BCUT2D eigenvalue weighted by Crippen LogP contribution is -2.44. The van der Waals surface area contributed by atoms with Crippen molar-refractivity contribution in [2.45, 2.75) is 32.9 Å². The molecule has 0 saturated heterocycles. The summed E-state index contributed by atoms with van der Waals surface area (Å²) >= 11 is 3.51. The summed E-state index contributed by atoms with van der Waals surface area (Å²) in [6.07, 6.45) is 0.371. The first-order chi connectivity index (χ1) is 12.0. The maximum Gasteiger partial charge on any atom is 0.224 e. The van der Waals surface area contributed by atoms with Gasteiger partial charge in [-0.15, -0.1) is 0 Å². The van der Waals surface area contributed by atoms with Gasteiger partial charge in [0.25, 0.3) is 0 Å². The molecule has 2 N–H and O–H groups in total. The van der Waals surface area contributed by atoms with Gasteiger partial charge in [-0.25, -0.2) is 0 Å². The van der Waals surface area contributed by atoms with Crippen molar-refractivity contribution in [2.24, 2.45) is 4.99 Å². The Balaban J connectivity index is 2.50. The number of halogens is 1. The van der Waals surface area contributed by atoms with Crippen LogP contribution in [0, 0.1) is 0 Å². The van der Waals surface area contributed by atoms with E-state index in [0.29, 0.717) is 32.1 Å². The van der Waals surface area contributed by atoms with Crippen molar-refractivity contribution in [1.29, 1.82) is 0 Å². The van der Waals surface area contributed by atoms with E-state index in [1.807, 2.05) is 45.2 Å². The van der Waals surface area contributed by atoms with Crippen LogP contribution in [0.1, 0.15) is 25.8 Å². The minimum absolute atomic E-state index is 0.0697. The van der Waals surface area contributed by atoms with Crippen molar-refractivity contribution in [1.82, 2.24) is 15.5 Å². The van der Waals surface area contributed by atoms with Gasteiger partial charge in [-0.2, -0.15) is 0 Å². The lowest BCUT2D eigenvalue weighted by molar-refractivity contribution is -0.130. The summed E-state index contributed by atoms with van der Waals surface area (Å²) < 4.78 is 6.13. The maximum atomic E-state index is 12.3. The van der Waals surface area contributed by atoms with Crippen LogP contribution in [-0.2, 0) is 16.1 Å². The van der Waals surface area contributed by atoms with E-state index in [4.69, 9.17) is 4.74 Å². The number of nitrogens with one attached hydrogen (secondary N) is 2. The lowest BCUT2D eigenvalue weighted by atomic mass is 10.2. The summed E-state index contributed by atoms with van der Waals surface area (Å²) in [4.78, 5) is 18.5. The molecule has 1 rings (SSSR count). The molecule has 0 radical (unpaired) electrons. The average Bonchev–Trinajstić information content (AvgIpc) is 2.57. The minimum atomic E-state index is 0.0697. The molecule has 1 amide bonds. The van der Waals surface area contributed by atoms with Crippen LogP contribution in [0.2, 0.25) is 0 Å². The highest BCUT2D eigenvalue weighted by Gasteiger charge is 2.11. The summed E-state index contributed by atoms with van der Waals surface area (Å²) in [6.45, 7) is 6.41. The van der Waals surface area contributed by atoms with Crippen molar-refractivity contribution >= 4 is 27.8 Å². The van der Waals surface area contributed by atoms with Crippen molar-refractivity contribution < 1.29 is 9.53 Å². The van der Waals surface area contributed by atoms with Crippen molar-refractivity contribution in [3.05, 3.63) is 34.3 Å². The van der Waals surface area contributed by atoms with Crippen molar-refractivity contribution in [3.8, 4) is 0 Å². The normalized spacial score (nSPS) is 12.6. The number of aliphatic imine (C=N–C) groups is 1. The van der Waals surface area contributed by atoms with Crippen LogP contribution in [0.5, 0.6) is 0 Å². The molecule has 7 heteroatoms. The first-order valence-electron chi connectivity index (χ1n) is 8.49. The number of guanidine groups is 1. The molecule has 1 aromatic rings. The van der Waals surface area contributed by atoms with Gasteiger partial charge in [-0.3, -0.25) is 9.79 Å². The van der Waals surface area contributed by atoms with Crippen LogP contribution < -0.4 is 10.6 Å². The van der Waals surface area contributed by atoms with Crippen LogP contribution in [0.25, 0.3) is 0 Å². The van der Waals surface area contributed by atoms with E-state index in [9.17, 15) is 4.79 Å². The van der Waals surface area contributed by atoms with Gasteiger partial charge in [0.2, 0.25) is 5.91 Å². The number of nitrogens with zero attached hydrogens (tertiary/aromatic N) is 2. The zero-order valence-corrected chi connectivity index (χ0v) is 17.1. The van der Waals surface area contributed by atoms with Gasteiger partial charge in [-0.1, -0.05) is 34.1 Å². The van der Waals surface area contributed by atoms with Gasteiger partial charge in [0.05, 0.1) is 13.2 Å². The van der Waals surface area contributed by atoms with Crippen LogP contribution in [0.3, 0.4) is 0 Å². The summed E-state index contributed by atoms with van der Waals surface area (Å²) in [5.41, 5.74) is 1.09. The van der Waals surface area contributed by atoms with Gasteiger partial charge in [0.15, 0.2) is 5.96 Å². The number of rotatable bonds is 9. The monoisotopic (exact) mass is 412 g/mol. The van der Waals surface area contributed by atoms with E-state index in [-0.39, 0.29) is 11.9 Å². The first-order valence-corrected chi connectivity index (χ1v) is 9.28. The van der Waals surface area contributed by atoms with E-state index in [2.05, 4.69) is 31.6 Å².